The van der Waals surface area contributed by atoms with Gasteiger partial charge in [0.1, 0.15) is 11.5 Å². The van der Waals surface area contributed by atoms with E-state index in [0.29, 0.717) is 0 Å². The van der Waals surface area contributed by atoms with Crippen LogP contribution in [-0.4, -0.2) is 11.0 Å². The van der Waals surface area contributed by atoms with E-state index in [1.54, 1.807) is 6.07 Å². The Kier molecular flexibility index (Phi) is 2.89. The van der Waals surface area contributed by atoms with Gasteiger partial charge in [0, 0.05) is 5.56 Å². The highest BCUT2D eigenvalue weighted by Crippen LogP contribution is 2.21. The third kappa shape index (κ3) is 2.05. The number of thiocarbonyl (C=S) groups is 1. The predicted octanol–water partition coefficient (Wildman–Crippen LogP) is 1.82. The van der Waals surface area contributed by atoms with Gasteiger partial charge in [0.25, 0.3) is 5.91 Å². The van der Waals surface area contributed by atoms with Crippen LogP contribution in [0.1, 0.15) is 5.56 Å². The van der Waals surface area contributed by atoms with E-state index in [9.17, 15) is 9.18 Å². The normalized spacial score (nSPS) is 17.5. The van der Waals surface area contributed by atoms with Gasteiger partial charge in [-0.25, -0.2) is 4.39 Å². The monoisotopic (exact) mass is 256 g/mol. The highest BCUT2D eigenvalue weighted by atomic mass is 35.5. The Labute approximate surface area is 101 Å². The van der Waals surface area contributed by atoms with Crippen LogP contribution in [0.5, 0.6) is 0 Å². The van der Waals surface area contributed by atoms with Crippen molar-refractivity contribution in [2.75, 3.05) is 0 Å². The lowest BCUT2D eigenvalue weighted by atomic mass is 10.2. The fourth-order valence-corrected chi connectivity index (χ4v) is 1.70. The Morgan fingerprint density at radius 2 is 2.12 bits per heavy atom. The number of rotatable bonds is 1. The van der Waals surface area contributed by atoms with Gasteiger partial charge in [-0.05, 0) is 30.4 Å². The first-order chi connectivity index (χ1) is 7.58. The zero-order valence-electron chi connectivity index (χ0n) is 7.88. The minimum atomic E-state index is -0.493. The number of amides is 1. The second-order valence-electron chi connectivity index (χ2n) is 3.10. The van der Waals surface area contributed by atoms with Crippen LogP contribution in [0.15, 0.2) is 23.9 Å². The van der Waals surface area contributed by atoms with Crippen molar-refractivity contribution in [3.05, 3.63) is 40.3 Å². The molecule has 2 rings (SSSR count). The minimum Gasteiger partial charge on any atom is -0.328 e. The smallest absolute Gasteiger partial charge is 0.273 e. The Hall–Kier alpha value is -1.46. The molecular formula is C10H6ClFN2OS. The molecule has 0 saturated carbocycles. The summed E-state index contributed by atoms with van der Waals surface area (Å²) in [7, 11) is 0. The first kappa shape index (κ1) is 11.0. The van der Waals surface area contributed by atoms with Crippen LogP contribution in [0.4, 0.5) is 4.39 Å². The van der Waals surface area contributed by atoms with E-state index in [1.165, 1.54) is 18.2 Å². The average molecular weight is 257 g/mol. The van der Waals surface area contributed by atoms with Crippen molar-refractivity contribution < 1.29 is 9.18 Å². The second-order valence-corrected chi connectivity index (χ2v) is 3.92. The van der Waals surface area contributed by atoms with Gasteiger partial charge in [-0.1, -0.05) is 17.7 Å². The number of hydrogen-bond acceptors (Lipinski definition) is 2. The lowest BCUT2D eigenvalue weighted by Crippen LogP contribution is -2.21. The summed E-state index contributed by atoms with van der Waals surface area (Å²) in [5.41, 5.74) is 0.337. The van der Waals surface area contributed by atoms with E-state index in [2.05, 4.69) is 10.6 Å². The van der Waals surface area contributed by atoms with E-state index in [0.717, 1.165) is 0 Å². The zero-order chi connectivity index (χ0) is 11.7. The van der Waals surface area contributed by atoms with Gasteiger partial charge >= 0.3 is 0 Å². The molecule has 1 saturated heterocycles. The maximum Gasteiger partial charge on any atom is 0.273 e. The van der Waals surface area contributed by atoms with Crippen molar-refractivity contribution in [3.63, 3.8) is 0 Å². The molecule has 1 aliphatic rings. The lowest BCUT2D eigenvalue weighted by molar-refractivity contribution is -0.115. The number of carbonyl (C=O) groups excluding carboxylic acids is 1. The second kappa shape index (κ2) is 4.19. The van der Waals surface area contributed by atoms with E-state index in [1.807, 2.05) is 0 Å². The molecule has 0 atom stereocenters. The van der Waals surface area contributed by atoms with Crippen LogP contribution in [-0.2, 0) is 4.79 Å². The molecule has 2 N–H and O–H groups in total. The Morgan fingerprint density at radius 1 is 1.38 bits per heavy atom. The number of halogens is 2. The summed E-state index contributed by atoms with van der Waals surface area (Å²) >= 11 is 10.6. The van der Waals surface area contributed by atoms with Crippen molar-refractivity contribution in [1.29, 1.82) is 0 Å². The lowest BCUT2D eigenvalue weighted by Gasteiger charge is -2.01. The standard InChI is InChI=1S/C10H6ClFN2OS/c11-6-2-1-3-7(12)5(6)4-8-9(15)14-10(16)13-8/h1-4H,(H2,13,14,15,16)/b8-4+. The molecule has 1 aliphatic heterocycles. The van der Waals surface area contributed by atoms with Gasteiger partial charge in [0.15, 0.2) is 5.11 Å². The first-order valence-electron chi connectivity index (χ1n) is 4.36. The first-order valence-corrected chi connectivity index (χ1v) is 5.14. The third-order valence-corrected chi connectivity index (χ3v) is 2.54. The Balaban J connectivity index is 2.44. The molecule has 0 radical (unpaired) electrons. The largest absolute Gasteiger partial charge is 0.328 e. The molecule has 1 fully saturated rings. The molecule has 16 heavy (non-hydrogen) atoms. The van der Waals surface area contributed by atoms with E-state index in [-0.39, 0.29) is 21.4 Å². The quantitative estimate of drug-likeness (QED) is 0.595. The van der Waals surface area contributed by atoms with Crippen LogP contribution in [0.25, 0.3) is 6.08 Å². The summed E-state index contributed by atoms with van der Waals surface area (Å²) in [6.07, 6.45) is 1.33. The molecule has 0 aromatic heterocycles. The molecule has 1 aromatic carbocycles. The van der Waals surface area contributed by atoms with E-state index < -0.39 is 11.7 Å². The van der Waals surface area contributed by atoms with Gasteiger partial charge in [-0.15, -0.1) is 0 Å². The molecule has 1 heterocycles. The number of hydrogen-bond donors (Lipinski definition) is 2. The van der Waals surface area contributed by atoms with Crippen LogP contribution < -0.4 is 10.6 Å². The zero-order valence-corrected chi connectivity index (χ0v) is 9.45. The highest BCUT2D eigenvalue weighted by molar-refractivity contribution is 7.80. The maximum absolute atomic E-state index is 13.4. The summed E-state index contributed by atoms with van der Waals surface area (Å²) < 4.78 is 13.4. The number of nitrogens with one attached hydrogen (secondary N) is 2. The van der Waals surface area contributed by atoms with Crippen LogP contribution in [0.2, 0.25) is 5.02 Å². The molecule has 0 spiro atoms. The van der Waals surface area contributed by atoms with E-state index in [4.69, 9.17) is 23.8 Å². The summed E-state index contributed by atoms with van der Waals surface area (Å²) in [6, 6.07) is 4.30. The fraction of sp³-hybridized carbons (Fsp3) is 0. The van der Waals surface area contributed by atoms with Gasteiger partial charge in [0.05, 0.1) is 5.02 Å². The van der Waals surface area contributed by atoms with Crippen molar-refractivity contribution in [1.82, 2.24) is 10.6 Å². The predicted molar refractivity (Wildman–Crippen MR) is 63.3 cm³/mol. The van der Waals surface area contributed by atoms with E-state index >= 15 is 0 Å². The van der Waals surface area contributed by atoms with Gasteiger partial charge in [-0.2, -0.15) is 0 Å². The Morgan fingerprint density at radius 3 is 2.69 bits per heavy atom. The molecular weight excluding hydrogens is 251 g/mol. The summed E-state index contributed by atoms with van der Waals surface area (Å²) in [5.74, 6) is -0.892. The molecule has 3 nitrogen and oxygen atoms in total. The van der Waals surface area contributed by atoms with Crippen LogP contribution in [0, 0.1) is 5.82 Å². The third-order valence-electron chi connectivity index (χ3n) is 2.01. The van der Waals surface area contributed by atoms with Gasteiger partial charge in [-0.3, -0.25) is 10.1 Å². The Bertz CT molecular complexity index is 495. The highest BCUT2D eigenvalue weighted by Gasteiger charge is 2.20. The molecule has 82 valence electrons. The molecule has 0 aliphatic carbocycles. The summed E-state index contributed by atoms with van der Waals surface area (Å²) in [4.78, 5) is 11.3. The van der Waals surface area contributed by atoms with Gasteiger partial charge < -0.3 is 5.32 Å². The number of carbonyl (C=O) groups is 1. The fourth-order valence-electron chi connectivity index (χ4n) is 1.28. The number of benzene rings is 1. The van der Waals surface area contributed by atoms with Crippen molar-refractivity contribution in [3.8, 4) is 0 Å². The summed E-state index contributed by atoms with van der Waals surface area (Å²) in [5, 5.41) is 5.42. The van der Waals surface area contributed by atoms with Crippen LogP contribution in [0.3, 0.4) is 0 Å². The summed E-state index contributed by atoms with van der Waals surface area (Å²) in [6.45, 7) is 0. The van der Waals surface area contributed by atoms with Crippen LogP contribution >= 0.6 is 23.8 Å². The molecule has 1 aromatic rings. The topological polar surface area (TPSA) is 41.1 Å². The molecule has 0 bridgehead atoms. The average Bonchev–Trinajstić information content (AvgIpc) is 2.51. The van der Waals surface area contributed by atoms with Crippen molar-refractivity contribution in [2.24, 2.45) is 0 Å². The molecule has 0 unspecified atom stereocenters. The molecule has 6 heteroatoms. The SMILES string of the molecule is O=C1NC(=S)N/C1=C/c1c(F)cccc1Cl. The minimum absolute atomic E-state index is 0.159. The molecule has 1 amide bonds. The van der Waals surface area contributed by atoms with Crippen molar-refractivity contribution in [2.45, 2.75) is 0 Å². The van der Waals surface area contributed by atoms with Gasteiger partial charge in [0.2, 0.25) is 0 Å². The maximum atomic E-state index is 13.4. The van der Waals surface area contributed by atoms with Crippen molar-refractivity contribution >= 4 is 40.9 Å².